The van der Waals surface area contributed by atoms with E-state index >= 15 is 0 Å². The highest BCUT2D eigenvalue weighted by Gasteiger charge is 2.33. The minimum atomic E-state index is -3.75. The summed E-state index contributed by atoms with van der Waals surface area (Å²) in [5.41, 5.74) is 1.72. The summed E-state index contributed by atoms with van der Waals surface area (Å²) < 4.78 is 28.8. The van der Waals surface area contributed by atoms with Crippen molar-refractivity contribution in [1.82, 2.24) is 29.8 Å². The van der Waals surface area contributed by atoms with Crippen LogP contribution in [0.25, 0.3) is 5.69 Å². The van der Waals surface area contributed by atoms with Crippen LogP contribution in [0.2, 0.25) is 0 Å². The molecule has 0 unspecified atom stereocenters. The van der Waals surface area contributed by atoms with E-state index in [4.69, 9.17) is 0 Å². The fourth-order valence-electron chi connectivity index (χ4n) is 2.39. The molecule has 0 saturated heterocycles. The molecule has 0 N–H and O–H groups in total. The number of para-hydroxylation sites is 1. The highest BCUT2D eigenvalue weighted by atomic mass is 32.2. The Balaban J connectivity index is 2.11. The fraction of sp³-hybridized carbons (Fsp3) is 0.286. The second-order valence-corrected chi connectivity index (χ2v) is 7.38. The lowest BCUT2D eigenvalue weighted by atomic mass is 10.2. The molecule has 8 nitrogen and oxygen atoms in total. The largest absolute Gasteiger partial charge is 0.290 e. The molecule has 0 aliphatic rings. The standard InChI is InChI=1S/C14H16N6O2S/c1-10-6-4-5-7-12(10)20-9-8-15-14(20)23(21,22)11(2)13-16-17-18-19(13)3/h4-9,11H,1-3H3/t11-/m0/s1. The summed E-state index contributed by atoms with van der Waals surface area (Å²) in [7, 11) is -2.14. The summed E-state index contributed by atoms with van der Waals surface area (Å²) in [6, 6.07) is 7.53. The Labute approximate surface area is 133 Å². The van der Waals surface area contributed by atoms with Crippen LogP contribution in [0.5, 0.6) is 0 Å². The van der Waals surface area contributed by atoms with Gasteiger partial charge in [-0.2, -0.15) is 0 Å². The van der Waals surface area contributed by atoms with E-state index in [0.29, 0.717) is 0 Å². The number of aromatic nitrogens is 6. The third-order valence-corrected chi connectivity index (χ3v) is 5.67. The lowest BCUT2D eigenvalue weighted by Gasteiger charge is -2.14. The smallest absolute Gasteiger partial charge is 0.232 e. The maximum atomic E-state index is 13.0. The van der Waals surface area contributed by atoms with E-state index in [1.807, 2.05) is 31.2 Å². The van der Waals surface area contributed by atoms with Gasteiger partial charge in [0.15, 0.2) is 5.82 Å². The first-order chi connectivity index (χ1) is 10.9. The van der Waals surface area contributed by atoms with Gasteiger partial charge in [-0.25, -0.2) is 18.1 Å². The summed E-state index contributed by atoms with van der Waals surface area (Å²) >= 11 is 0. The average molecular weight is 332 g/mol. The van der Waals surface area contributed by atoms with Crippen molar-refractivity contribution >= 4 is 9.84 Å². The van der Waals surface area contributed by atoms with Gasteiger partial charge >= 0.3 is 0 Å². The van der Waals surface area contributed by atoms with Crippen molar-refractivity contribution in [3.63, 3.8) is 0 Å². The van der Waals surface area contributed by atoms with Crippen LogP contribution in [0.1, 0.15) is 23.6 Å². The Morgan fingerprint density at radius 2 is 1.96 bits per heavy atom. The van der Waals surface area contributed by atoms with Crippen molar-refractivity contribution in [1.29, 1.82) is 0 Å². The van der Waals surface area contributed by atoms with E-state index in [-0.39, 0.29) is 11.0 Å². The number of tetrazole rings is 1. The van der Waals surface area contributed by atoms with Crippen LogP contribution in [-0.2, 0) is 16.9 Å². The molecule has 0 aliphatic heterocycles. The summed E-state index contributed by atoms with van der Waals surface area (Å²) in [5.74, 6) is 0.268. The quantitative estimate of drug-likeness (QED) is 0.713. The molecule has 3 rings (SSSR count). The Kier molecular flexibility index (Phi) is 3.72. The minimum Gasteiger partial charge on any atom is -0.290 e. The van der Waals surface area contributed by atoms with E-state index < -0.39 is 15.1 Å². The molecule has 9 heteroatoms. The van der Waals surface area contributed by atoms with Crippen molar-refractivity contribution in [2.75, 3.05) is 0 Å². The number of sulfone groups is 1. The molecule has 1 atom stereocenters. The average Bonchev–Trinajstić information content (AvgIpc) is 3.16. The van der Waals surface area contributed by atoms with E-state index in [2.05, 4.69) is 20.5 Å². The van der Waals surface area contributed by atoms with Crippen molar-refractivity contribution in [3.05, 3.63) is 48.0 Å². The van der Waals surface area contributed by atoms with Gasteiger partial charge in [-0.05, 0) is 35.9 Å². The van der Waals surface area contributed by atoms with Gasteiger partial charge in [-0.3, -0.25) is 4.57 Å². The molecule has 1 aromatic carbocycles. The number of rotatable bonds is 4. The minimum absolute atomic E-state index is 0.0256. The molecule has 120 valence electrons. The number of nitrogens with zero attached hydrogens (tertiary/aromatic N) is 6. The van der Waals surface area contributed by atoms with Crippen LogP contribution >= 0.6 is 0 Å². The first kappa shape index (κ1) is 15.3. The molecular weight excluding hydrogens is 316 g/mol. The zero-order valence-electron chi connectivity index (χ0n) is 12.9. The van der Waals surface area contributed by atoms with Crippen LogP contribution < -0.4 is 0 Å². The number of aryl methyl sites for hydroxylation is 2. The molecule has 23 heavy (non-hydrogen) atoms. The predicted octanol–water partition coefficient (Wildman–Crippen LogP) is 1.24. The molecule has 0 amide bonds. The molecule has 0 spiro atoms. The molecule has 0 fully saturated rings. The lowest BCUT2D eigenvalue weighted by Crippen LogP contribution is -2.19. The van der Waals surface area contributed by atoms with Gasteiger partial charge in [0.2, 0.25) is 15.0 Å². The van der Waals surface area contributed by atoms with Gasteiger partial charge < -0.3 is 0 Å². The maximum absolute atomic E-state index is 13.0. The fourth-order valence-corrected chi connectivity index (χ4v) is 3.83. The monoisotopic (exact) mass is 332 g/mol. The van der Waals surface area contributed by atoms with Crippen molar-refractivity contribution in [3.8, 4) is 5.69 Å². The maximum Gasteiger partial charge on any atom is 0.232 e. The van der Waals surface area contributed by atoms with E-state index in [9.17, 15) is 8.42 Å². The number of hydrogen-bond acceptors (Lipinski definition) is 6. The summed E-state index contributed by atoms with van der Waals surface area (Å²) in [6.07, 6.45) is 3.11. The van der Waals surface area contributed by atoms with Crippen LogP contribution in [0.15, 0.2) is 41.8 Å². The van der Waals surface area contributed by atoms with Crippen molar-refractivity contribution in [2.24, 2.45) is 7.05 Å². The zero-order chi connectivity index (χ0) is 16.6. The number of hydrogen-bond donors (Lipinski definition) is 0. The van der Waals surface area contributed by atoms with Crippen molar-refractivity contribution in [2.45, 2.75) is 24.3 Å². The van der Waals surface area contributed by atoms with Gasteiger partial charge in [0.25, 0.3) is 0 Å². The lowest BCUT2D eigenvalue weighted by molar-refractivity contribution is 0.565. The zero-order valence-corrected chi connectivity index (χ0v) is 13.8. The van der Waals surface area contributed by atoms with Crippen molar-refractivity contribution < 1.29 is 8.42 Å². The molecule has 0 radical (unpaired) electrons. The molecule has 3 aromatic rings. The van der Waals surface area contributed by atoms with Gasteiger partial charge in [-0.15, -0.1) is 5.10 Å². The van der Waals surface area contributed by atoms with Crippen LogP contribution in [0.3, 0.4) is 0 Å². The number of imidazole rings is 1. The predicted molar refractivity (Wildman–Crippen MR) is 82.7 cm³/mol. The van der Waals surface area contributed by atoms with Gasteiger partial charge in [0.05, 0.1) is 5.69 Å². The summed E-state index contributed by atoms with van der Waals surface area (Å²) in [6.45, 7) is 3.47. The molecule has 0 saturated carbocycles. The van der Waals surface area contributed by atoms with Gasteiger partial charge in [0.1, 0.15) is 5.25 Å². The third-order valence-electron chi connectivity index (χ3n) is 3.72. The topological polar surface area (TPSA) is 95.6 Å². The summed E-state index contributed by atoms with van der Waals surface area (Å²) in [4.78, 5) is 4.06. The molecule has 2 aromatic heterocycles. The van der Waals surface area contributed by atoms with Gasteiger partial charge in [-0.1, -0.05) is 18.2 Å². The SMILES string of the molecule is Cc1ccccc1-n1ccnc1S(=O)(=O)[C@@H](C)c1nnnn1C. The normalized spacial score (nSPS) is 13.2. The van der Waals surface area contributed by atoms with Crippen LogP contribution in [-0.4, -0.2) is 38.2 Å². The molecule has 0 aliphatic carbocycles. The number of benzene rings is 1. The molecule has 2 heterocycles. The van der Waals surface area contributed by atoms with E-state index in [1.165, 1.54) is 10.9 Å². The Bertz CT molecular complexity index is 944. The van der Waals surface area contributed by atoms with Crippen LogP contribution in [0.4, 0.5) is 0 Å². The third kappa shape index (κ3) is 2.52. The molecule has 0 bridgehead atoms. The Morgan fingerprint density at radius 3 is 2.61 bits per heavy atom. The Morgan fingerprint density at radius 1 is 1.22 bits per heavy atom. The van der Waals surface area contributed by atoms with E-state index in [1.54, 1.807) is 24.7 Å². The van der Waals surface area contributed by atoms with Gasteiger partial charge in [0, 0.05) is 19.4 Å². The summed E-state index contributed by atoms with van der Waals surface area (Å²) in [5, 5.41) is 10.1. The molecular formula is C14H16N6O2S. The van der Waals surface area contributed by atoms with Crippen LogP contribution in [0, 0.1) is 6.92 Å². The highest BCUT2D eigenvalue weighted by molar-refractivity contribution is 7.91. The second kappa shape index (κ2) is 5.58. The second-order valence-electron chi connectivity index (χ2n) is 5.21. The van der Waals surface area contributed by atoms with E-state index in [0.717, 1.165) is 11.3 Å². The Hall–Kier alpha value is -2.55. The highest BCUT2D eigenvalue weighted by Crippen LogP contribution is 2.27. The first-order valence-electron chi connectivity index (χ1n) is 6.98. The first-order valence-corrected chi connectivity index (χ1v) is 8.53.